The number of rotatable bonds is 4. The Bertz CT molecular complexity index is 540. The van der Waals surface area contributed by atoms with Gasteiger partial charge < -0.3 is 5.32 Å². The number of halogens is 4. The summed E-state index contributed by atoms with van der Waals surface area (Å²) in [5, 5.41) is 3.46. The van der Waals surface area contributed by atoms with E-state index in [1.54, 1.807) is 23.5 Å². The van der Waals surface area contributed by atoms with Gasteiger partial charge in [-0.05, 0) is 55.6 Å². The summed E-state index contributed by atoms with van der Waals surface area (Å²) in [6, 6.07) is 6.83. The van der Waals surface area contributed by atoms with Crippen LogP contribution in [-0.2, 0) is 13.1 Å². The smallest absolute Gasteiger partial charge is 0.141 e. The van der Waals surface area contributed by atoms with Crippen LogP contribution in [0.3, 0.4) is 0 Å². The van der Waals surface area contributed by atoms with Gasteiger partial charge in [0.2, 0.25) is 0 Å². The number of thiophene rings is 1. The van der Waals surface area contributed by atoms with Crippen molar-refractivity contribution in [3.63, 3.8) is 0 Å². The van der Waals surface area contributed by atoms with Gasteiger partial charge in [0.15, 0.2) is 0 Å². The third-order valence-corrected chi connectivity index (χ3v) is 5.85. The van der Waals surface area contributed by atoms with E-state index in [2.05, 4.69) is 43.2 Å². The second-order valence-corrected chi connectivity index (χ2v) is 7.40. The van der Waals surface area contributed by atoms with Crippen LogP contribution in [0.2, 0.25) is 5.02 Å². The monoisotopic (exact) mass is 411 g/mol. The van der Waals surface area contributed by atoms with Crippen LogP contribution in [0.25, 0.3) is 0 Å². The number of nitrogens with one attached hydrogen (secondary N) is 1. The third kappa shape index (κ3) is 3.78. The maximum Gasteiger partial charge on any atom is 0.141 e. The Hall–Kier alpha value is 0.0600. The Kier molecular flexibility index (Phi) is 5.21. The minimum absolute atomic E-state index is 0.163. The third-order valence-electron chi connectivity index (χ3n) is 2.31. The molecular formula is C12H9Br2ClFNS. The zero-order valence-corrected chi connectivity index (χ0v) is 13.9. The first kappa shape index (κ1) is 14.5. The van der Waals surface area contributed by atoms with Gasteiger partial charge in [0.05, 0.1) is 8.81 Å². The first-order chi connectivity index (χ1) is 8.56. The predicted octanol–water partition coefficient (Wildman–Crippen LogP) is 5.36. The van der Waals surface area contributed by atoms with E-state index in [1.165, 1.54) is 10.9 Å². The largest absolute Gasteiger partial charge is 0.308 e. The summed E-state index contributed by atoms with van der Waals surface area (Å²) < 4.78 is 15.1. The van der Waals surface area contributed by atoms with E-state index in [4.69, 9.17) is 11.6 Å². The topological polar surface area (TPSA) is 12.0 Å². The van der Waals surface area contributed by atoms with Gasteiger partial charge in [-0.2, -0.15) is 0 Å². The fraction of sp³-hybridized carbons (Fsp3) is 0.167. The maximum absolute atomic E-state index is 13.0. The van der Waals surface area contributed by atoms with Gasteiger partial charge in [-0.1, -0.05) is 17.7 Å². The van der Waals surface area contributed by atoms with Crippen molar-refractivity contribution in [3.8, 4) is 0 Å². The van der Waals surface area contributed by atoms with Crippen LogP contribution in [0.15, 0.2) is 32.5 Å². The predicted molar refractivity (Wildman–Crippen MR) is 81.7 cm³/mol. The standard InChI is InChI=1S/C12H9Br2ClFNS/c13-9-4-8(18-12(9)14)6-17-5-7-1-2-11(16)10(15)3-7/h1-4,17H,5-6H2. The van der Waals surface area contributed by atoms with E-state index >= 15 is 0 Å². The highest BCUT2D eigenvalue weighted by Gasteiger charge is 2.04. The lowest BCUT2D eigenvalue weighted by Gasteiger charge is -2.04. The van der Waals surface area contributed by atoms with Crippen LogP contribution in [-0.4, -0.2) is 0 Å². The Morgan fingerprint density at radius 1 is 1.22 bits per heavy atom. The summed E-state index contributed by atoms with van der Waals surface area (Å²) in [5.74, 6) is -0.383. The van der Waals surface area contributed by atoms with E-state index < -0.39 is 0 Å². The molecule has 2 aromatic rings. The molecule has 0 atom stereocenters. The summed E-state index contributed by atoms with van der Waals surface area (Å²) in [6.07, 6.45) is 0. The molecule has 1 aromatic heterocycles. The fourth-order valence-electron chi connectivity index (χ4n) is 1.46. The van der Waals surface area contributed by atoms with Crippen LogP contribution >= 0.6 is 54.8 Å². The molecule has 0 aliphatic rings. The van der Waals surface area contributed by atoms with Gasteiger partial charge in [0.25, 0.3) is 0 Å². The van der Waals surface area contributed by atoms with E-state index in [0.29, 0.717) is 6.54 Å². The number of hydrogen-bond acceptors (Lipinski definition) is 2. The first-order valence-electron chi connectivity index (χ1n) is 5.14. The summed E-state index contributed by atoms with van der Waals surface area (Å²) in [5.41, 5.74) is 0.969. The van der Waals surface area contributed by atoms with Crippen molar-refractivity contribution < 1.29 is 4.39 Å². The van der Waals surface area contributed by atoms with Crippen LogP contribution in [0.4, 0.5) is 4.39 Å². The van der Waals surface area contributed by atoms with Crippen molar-refractivity contribution in [1.29, 1.82) is 0 Å². The highest BCUT2D eigenvalue weighted by molar-refractivity contribution is 9.13. The minimum Gasteiger partial charge on any atom is -0.308 e. The van der Waals surface area contributed by atoms with Crippen LogP contribution in [0.1, 0.15) is 10.4 Å². The van der Waals surface area contributed by atoms with Gasteiger partial charge in [-0.15, -0.1) is 11.3 Å². The van der Waals surface area contributed by atoms with E-state index in [9.17, 15) is 4.39 Å². The van der Waals surface area contributed by atoms with Crippen LogP contribution < -0.4 is 5.32 Å². The Morgan fingerprint density at radius 3 is 2.61 bits per heavy atom. The molecule has 0 spiro atoms. The molecule has 0 saturated carbocycles. The summed E-state index contributed by atoms with van der Waals surface area (Å²) in [6.45, 7) is 1.43. The van der Waals surface area contributed by atoms with Gasteiger partial charge in [-0.3, -0.25) is 0 Å². The molecule has 2 rings (SSSR count). The van der Waals surface area contributed by atoms with Crippen LogP contribution in [0.5, 0.6) is 0 Å². The van der Waals surface area contributed by atoms with Crippen molar-refractivity contribution >= 4 is 54.8 Å². The minimum atomic E-state index is -0.383. The SMILES string of the molecule is Fc1ccc(CNCc2cc(Br)c(Br)s2)cc1Cl. The quantitative estimate of drug-likeness (QED) is 0.712. The molecule has 0 aliphatic carbocycles. The molecule has 18 heavy (non-hydrogen) atoms. The zero-order chi connectivity index (χ0) is 13.1. The molecule has 96 valence electrons. The molecule has 1 aromatic carbocycles. The van der Waals surface area contributed by atoms with E-state index in [1.807, 2.05) is 0 Å². The molecule has 0 radical (unpaired) electrons. The molecule has 0 amide bonds. The molecule has 0 fully saturated rings. The van der Waals surface area contributed by atoms with Crippen molar-refractivity contribution in [1.82, 2.24) is 5.32 Å². The van der Waals surface area contributed by atoms with Crippen molar-refractivity contribution in [2.75, 3.05) is 0 Å². The van der Waals surface area contributed by atoms with E-state index in [-0.39, 0.29) is 10.8 Å². The fourth-order valence-corrected chi connectivity index (χ4v) is 3.81. The molecule has 6 heteroatoms. The highest BCUT2D eigenvalue weighted by Crippen LogP contribution is 2.32. The molecule has 1 nitrogen and oxygen atoms in total. The van der Waals surface area contributed by atoms with Gasteiger partial charge in [0, 0.05) is 22.4 Å². The molecule has 0 unspecified atom stereocenters. The maximum atomic E-state index is 13.0. The lowest BCUT2D eigenvalue weighted by Crippen LogP contribution is -2.11. The summed E-state index contributed by atoms with van der Waals surface area (Å²) in [7, 11) is 0. The van der Waals surface area contributed by atoms with Crippen molar-refractivity contribution in [2.24, 2.45) is 0 Å². The lowest BCUT2D eigenvalue weighted by molar-refractivity contribution is 0.625. The molecule has 0 saturated heterocycles. The number of hydrogen-bond donors (Lipinski definition) is 1. The summed E-state index contributed by atoms with van der Waals surface area (Å²) >= 11 is 14.3. The second kappa shape index (κ2) is 6.48. The van der Waals surface area contributed by atoms with Crippen molar-refractivity contribution in [3.05, 3.63) is 53.8 Å². The van der Waals surface area contributed by atoms with Gasteiger partial charge in [-0.25, -0.2) is 4.39 Å². The zero-order valence-electron chi connectivity index (χ0n) is 9.14. The number of benzene rings is 1. The Morgan fingerprint density at radius 2 is 2.00 bits per heavy atom. The van der Waals surface area contributed by atoms with Gasteiger partial charge >= 0.3 is 0 Å². The molecule has 0 bridgehead atoms. The summed E-state index contributed by atoms with van der Waals surface area (Å²) in [4.78, 5) is 1.22. The van der Waals surface area contributed by atoms with E-state index in [0.717, 1.165) is 20.4 Å². The highest BCUT2D eigenvalue weighted by atomic mass is 79.9. The lowest BCUT2D eigenvalue weighted by atomic mass is 10.2. The second-order valence-electron chi connectivity index (χ2n) is 3.69. The Labute approximate surface area is 131 Å². The molecule has 1 N–H and O–H groups in total. The van der Waals surface area contributed by atoms with Gasteiger partial charge in [0.1, 0.15) is 5.82 Å². The van der Waals surface area contributed by atoms with Crippen LogP contribution in [0, 0.1) is 5.82 Å². The molecular weight excluding hydrogens is 404 g/mol. The molecule has 1 heterocycles. The molecule has 0 aliphatic heterocycles. The average Bonchev–Trinajstić information content (AvgIpc) is 2.63. The normalized spacial score (nSPS) is 10.9. The average molecular weight is 414 g/mol. The van der Waals surface area contributed by atoms with Crippen molar-refractivity contribution in [2.45, 2.75) is 13.1 Å². The Balaban J connectivity index is 1.90. The first-order valence-corrected chi connectivity index (χ1v) is 7.92.